The Kier molecular flexibility index (Phi) is 29.1. The molecule has 6 heavy (non-hydrogen) atoms. The Labute approximate surface area is 43.1 Å². The highest BCUT2D eigenvalue weighted by Crippen LogP contribution is 1.95. The summed E-state index contributed by atoms with van der Waals surface area (Å²) in [4.78, 5) is 0. The van der Waals surface area contributed by atoms with Crippen LogP contribution < -0.4 is 0 Å². The average Bonchev–Trinajstić information content (AvgIpc) is 1.72. The fourth-order valence-corrected chi connectivity index (χ4v) is 0. The minimum Gasteiger partial charge on any atom is -0.126 e. The van der Waals surface area contributed by atoms with Gasteiger partial charge < -0.3 is 0 Å². The molecule has 0 aliphatic carbocycles. The second-order valence-electron chi connectivity index (χ2n) is 0.707. The molecule has 0 rings (SSSR count). The van der Waals surface area contributed by atoms with Crippen LogP contribution in [0.4, 0.5) is 0 Å². The van der Waals surface area contributed by atoms with Gasteiger partial charge in [0.2, 0.25) is 0 Å². The summed E-state index contributed by atoms with van der Waals surface area (Å²) in [7, 11) is 1.14. The van der Waals surface area contributed by atoms with Gasteiger partial charge in [0, 0.05) is 0 Å². The van der Waals surface area contributed by atoms with Gasteiger partial charge in [0.1, 0.15) is 0 Å². The van der Waals surface area contributed by atoms with Gasteiger partial charge in [0.05, 0.1) is 0 Å². The van der Waals surface area contributed by atoms with E-state index in [0.29, 0.717) is 0 Å². The highest BCUT2D eigenvalue weighted by atomic mass is 31.1. The SMILES string of the molecule is CC.CCPC. The molecule has 0 nitrogen and oxygen atoms in total. The van der Waals surface area contributed by atoms with Crippen molar-refractivity contribution in [3.05, 3.63) is 0 Å². The largest absolute Gasteiger partial charge is 0.126 e. The van der Waals surface area contributed by atoms with Gasteiger partial charge >= 0.3 is 0 Å². The first-order valence-corrected chi connectivity index (χ1v) is 4.27. The molecule has 0 spiro atoms. The Bertz CT molecular complexity index is 5.90. The number of rotatable bonds is 1. The van der Waals surface area contributed by atoms with Gasteiger partial charge in [-0.15, -0.1) is 8.58 Å². The van der Waals surface area contributed by atoms with Crippen molar-refractivity contribution in [2.45, 2.75) is 20.8 Å². The van der Waals surface area contributed by atoms with Crippen LogP contribution in [-0.4, -0.2) is 12.8 Å². The van der Waals surface area contributed by atoms with Crippen LogP contribution in [0.2, 0.25) is 0 Å². The maximum atomic E-state index is 2.21. The summed E-state index contributed by atoms with van der Waals surface area (Å²) in [5.41, 5.74) is 0. The molecular weight excluding hydrogens is 91.0 g/mol. The van der Waals surface area contributed by atoms with Crippen molar-refractivity contribution in [1.29, 1.82) is 0 Å². The van der Waals surface area contributed by atoms with Gasteiger partial charge in [-0.1, -0.05) is 20.8 Å². The van der Waals surface area contributed by atoms with E-state index in [1.54, 1.807) is 0 Å². The Morgan fingerprint density at radius 3 is 1.50 bits per heavy atom. The minimum absolute atomic E-state index is 1.14. The van der Waals surface area contributed by atoms with Gasteiger partial charge in [-0.3, -0.25) is 0 Å². The molecule has 0 aromatic rings. The molecule has 0 saturated carbocycles. The molecular formula is C5H15P. The van der Waals surface area contributed by atoms with E-state index < -0.39 is 0 Å². The average molecular weight is 106 g/mol. The molecule has 0 aliphatic rings. The molecule has 0 amide bonds. The Balaban J connectivity index is 0. The van der Waals surface area contributed by atoms with Crippen molar-refractivity contribution in [2.75, 3.05) is 12.8 Å². The first-order valence-electron chi connectivity index (χ1n) is 2.56. The fourth-order valence-electron chi connectivity index (χ4n) is 0. The van der Waals surface area contributed by atoms with Crippen LogP contribution in [0.3, 0.4) is 0 Å². The zero-order valence-corrected chi connectivity index (χ0v) is 6.21. The molecule has 0 bridgehead atoms. The van der Waals surface area contributed by atoms with Gasteiger partial charge in [-0.25, -0.2) is 0 Å². The molecule has 1 atom stereocenters. The lowest BCUT2D eigenvalue weighted by Crippen LogP contribution is -1.47. The first-order chi connectivity index (χ1) is 2.91. The molecule has 0 fully saturated rings. The molecule has 0 heterocycles. The minimum atomic E-state index is 1.14. The summed E-state index contributed by atoms with van der Waals surface area (Å²) in [6.07, 6.45) is 1.35. The summed E-state index contributed by atoms with van der Waals surface area (Å²) in [6.45, 7) is 8.40. The third kappa shape index (κ3) is 25.5. The second-order valence-corrected chi connectivity index (χ2v) is 2.12. The van der Waals surface area contributed by atoms with E-state index in [2.05, 4.69) is 13.6 Å². The summed E-state index contributed by atoms with van der Waals surface area (Å²) in [5, 5.41) is 0. The molecule has 0 aromatic carbocycles. The Hall–Kier alpha value is 0.430. The van der Waals surface area contributed by atoms with E-state index in [4.69, 9.17) is 0 Å². The van der Waals surface area contributed by atoms with Crippen LogP contribution >= 0.6 is 8.58 Å². The summed E-state index contributed by atoms with van der Waals surface area (Å²) in [6, 6.07) is 0. The summed E-state index contributed by atoms with van der Waals surface area (Å²) < 4.78 is 0. The molecule has 1 unspecified atom stereocenters. The zero-order chi connectivity index (χ0) is 5.41. The summed E-state index contributed by atoms with van der Waals surface area (Å²) >= 11 is 0. The van der Waals surface area contributed by atoms with Crippen LogP contribution in [0, 0.1) is 0 Å². The van der Waals surface area contributed by atoms with Crippen molar-refractivity contribution in [3.8, 4) is 0 Å². The van der Waals surface area contributed by atoms with Crippen molar-refractivity contribution < 1.29 is 0 Å². The summed E-state index contributed by atoms with van der Waals surface area (Å²) in [5.74, 6) is 0. The van der Waals surface area contributed by atoms with Crippen molar-refractivity contribution in [1.82, 2.24) is 0 Å². The van der Waals surface area contributed by atoms with Gasteiger partial charge in [-0.2, -0.15) is 0 Å². The van der Waals surface area contributed by atoms with Crippen LogP contribution in [0.5, 0.6) is 0 Å². The predicted octanol–water partition coefficient (Wildman–Crippen LogP) is 2.34. The second kappa shape index (κ2) is 18.0. The van der Waals surface area contributed by atoms with Crippen molar-refractivity contribution >= 4 is 8.58 Å². The molecule has 0 aliphatic heterocycles. The van der Waals surface area contributed by atoms with E-state index in [1.165, 1.54) is 6.16 Å². The smallest absolute Gasteiger partial charge is 0.0385 e. The quantitative estimate of drug-likeness (QED) is 0.450. The monoisotopic (exact) mass is 106 g/mol. The van der Waals surface area contributed by atoms with Crippen LogP contribution in [-0.2, 0) is 0 Å². The molecule has 40 valence electrons. The Morgan fingerprint density at radius 1 is 1.33 bits per heavy atom. The maximum absolute atomic E-state index is 2.21. The van der Waals surface area contributed by atoms with Crippen LogP contribution in [0.1, 0.15) is 20.8 Å². The fraction of sp³-hybridized carbons (Fsp3) is 1.00. The maximum Gasteiger partial charge on any atom is -0.0385 e. The number of hydrogen-bond donors (Lipinski definition) is 0. The lowest BCUT2D eigenvalue weighted by atomic mass is 11.0. The van der Waals surface area contributed by atoms with Gasteiger partial charge in [0.15, 0.2) is 0 Å². The molecule has 0 N–H and O–H groups in total. The van der Waals surface area contributed by atoms with E-state index in [1.807, 2.05) is 13.8 Å². The first kappa shape index (κ1) is 9.66. The lowest BCUT2D eigenvalue weighted by Gasteiger charge is -1.69. The Morgan fingerprint density at radius 2 is 1.50 bits per heavy atom. The number of hydrogen-bond acceptors (Lipinski definition) is 0. The third-order valence-electron chi connectivity index (χ3n) is 0.354. The van der Waals surface area contributed by atoms with Gasteiger partial charge in [-0.05, 0) is 12.8 Å². The molecule has 0 radical (unpaired) electrons. The normalized spacial score (nSPS) is 8.00. The highest BCUT2D eigenvalue weighted by Gasteiger charge is 1.55. The van der Waals surface area contributed by atoms with E-state index in [-0.39, 0.29) is 0 Å². The van der Waals surface area contributed by atoms with E-state index >= 15 is 0 Å². The van der Waals surface area contributed by atoms with E-state index in [0.717, 1.165) is 8.58 Å². The standard InChI is InChI=1S/C3H9P.C2H6/c1-3-4-2;1-2/h4H,3H2,1-2H3;1-2H3. The third-order valence-corrected chi connectivity index (χ3v) is 1.06. The molecule has 0 aromatic heterocycles. The van der Waals surface area contributed by atoms with Crippen molar-refractivity contribution in [2.24, 2.45) is 0 Å². The molecule has 1 heteroatoms. The highest BCUT2D eigenvalue weighted by molar-refractivity contribution is 7.36. The molecule has 0 saturated heterocycles. The van der Waals surface area contributed by atoms with Crippen LogP contribution in [0.25, 0.3) is 0 Å². The van der Waals surface area contributed by atoms with Crippen molar-refractivity contribution in [3.63, 3.8) is 0 Å². The van der Waals surface area contributed by atoms with Gasteiger partial charge in [0.25, 0.3) is 0 Å². The lowest BCUT2D eigenvalue weighted by molar-refractivity contribution is 1.50. The topological polar surface area (TPSA) is 0 Å². The predicted molar refractivity (Wildman–Crippen MR) is 36.1 cm³/mol. The van der Waals surface area contributed by atoms with Crippen LogP contribution in [0.15, 0.2) is 0 Å². The zero-order valence-electron chi connectivity index (χ0n) is 5.21. The van der Waals surface area contributed by atoms with E-state index in [9.17, 15) is 0 Å².